The Labute approximate surface area is 136 Å². The zero-order valence-electron chi connectivity index (χ0n) is 13.6. The number of methoxy groups -OCH3 is 2. The van der Waals surface area contributed by atoms with Crippen molar-refractivity contribution in [2.24, 2.45) is 0 Å². The molecule has 2 aliphatic rings. The van der Waals surface area contributed by atoms with E-state index in [0.717, 1.165) is 44.2 Å². The molecule has 1 fully saturated rings. The molecule has 1 aromatic rings. The average molecular weight is 321 g/mol. The number of rotatable bonds is 5. The van der Waals surface area contributed by atoms with E-state index in [1.54, 1.807) is 14.2 Å². The van der Waals surface area contributed by atoms with Gasteiger partial charge in [-0.1, -0.05) is 0 Å². The summed E-state index contributed by atoms with van der Waals surface area (Å²) in [4.78, 5) is 16.5. The Morgan fingerprint density at radius 1 is 1.13 bits per heavy atom. The number of hydrogen-bond donors (Lipinski definition) is 1. The zero-order valence-corrected chi connectivity index (χ0v) is 13.6. The van der Waals surface area contributed by atoms with Crippen molar-refractivity contribution in [2.75, 3.05) is 70.4 Å². The van der Waals surface area contributed by atoms with Crippen LogP contribution in [-0.4, -0.2) is 71.0 Å². The fraction of sp³-hybridized carbons (Fsp3) is 0.562. The summed E-state index contributed by atoms with van der Waals surface area (Å²) in [5.74, 6) is 1.35. The molecule has 0 unspecified atom stereocenters. The molecule has 7 heteroatoms. The highest BCUT2D eigenvalue weighted by molar-refractivity contribution is 6.03. The summed E-state index contributed by atoms with van der Waals surface area (Å²) in [6.45, 7) is 5.14. The smallest absolute Gasteiger partial charge is 0.246 e. The van der Waals surface area contributed by atoms with Crippen LogP contribution < -0.4 is 19.7 Å². The number of nitrogens with zero attached hydrogens (tertiary/aromatic N) is 2. The fourth-order valence-corrected chi connectivity index (χ4v) is 2.95. The molecule has 0 spiro atoms. The summed E-state index contributed by atoms with van der Waals surface area (Å²) in [7, 11) is 3.20. The van der Waals surface area contributed by atoms with Crippen LogP contribution in [0.15, 0.2) is 12.1 Å². The molecule has 1 N–H and O–H groups in total. The maximum Gasteiger partial charge on any atom is 0.246 e. The molecule has 0 bridgehead atoms. The van der Waals surface area contributed by atoms with Crippen molar-refractivity contribution in [1.29, 1.82) is 0 Å². The van der Waals surface area contributed by atoms with Crippen LogP contribution in [0, 0.1) is 0 Å². The van der Waals surface area contributed by atoms with Gasteiger partial charge in [-0.05, 0) is 0 Å². The second-order valence-electron chi connectivity index (χ2n) is 5.58. The molecular formula is C16H23N3O4. The second kappa shape index (κ2) is 7.06. The summed E-state index contributed by atoms with van der Waals surface area (Å²) >= 11 is 0. The van der Waals surface area contributed by atoms with Crippen LogP contribution >= 0.6 is 0 Å². The summed E-state index contributed by atoms with van der Waals surface area (Å²) in [6, 6.07) is 3.74. The lowest BCUT2D eigenvalue weighted by atomic mass is 10.1. The molecule has 1 aromatic carbocycles. The van der Waals surface area contributed by atoms with Gasteiger partial charge in [0, 0.05) is 38.3 Å². The Kier molecular flexibility index (Phi) is 4.88. The van der Waals surface area contributed by atoms with Gasteiger partial charge in [0.05, 0.1) is 45.4 Å². The zero-order chi connectivity index (χ0) is 16.2. The minimum absolute atomic E-state index is 0.0676. The highest BCUT2D eigenvalue weighted by Crippen LogP contribution is 2.39. The molecule has 7 nitrogen and oxygen atoms in total. The molecule has 0 aliphatic carbocycles. The third-order valence-electron chi connectivity index (χ3n) is 4.27. The van der Waals surface area contributed by atoms with E-state index in [0.29, 0.717) is 24.6 Å². The SMILES string of the molecule is COc1cc2c(cc1OC)N(CCN1CCOCC1)C(=O)CN2. The minimum atomic E-state index is 0.0676. The van der Waals surface area contributed by atoms with Crippen LogP contribution in [0.5, 0.6) is 11.5 Å². The second-order valence-corrected chi connectivity index (χ2v) is 5.58. The monoisotopic (exact) mass is 321 g/mol. The van der Waals surface area contributed by atoms with Gasteiger partial charge in [0.25, 0.3) is 0 Å². The molecule has 3 rings (SSSR count). The number of nitrogens with one attached hydrogen (secondary N) is 1. The topological polar surface area (TPSA) is 63.3 Å². The van der Waals surface area contributed by atoms with E-state index in [4.69, 9.17) is 14.2 Å². The summed E-state index contributed by atoms with van der Waals surface area (Å²) in [5.41, 5.74) is 1.73. The normalized spacial score (nSPS) is 18.3. The van der Waals surface area contributed by atoms with Crippen molar-refractivity contribution in [3.8, 4) is 11.5 Å². The number of ether oxygens (including phenoxy) is 3. The van der Waals surface area contributed by atoms with Crippen molar-refractivity contribution in [2.45, 2.75) is 0 Å². The fourth-order valence-electron chi connectivity index (χ4n) is 2.95. The third-order valence-corrected chi connectivity index (χ3v) is 4.27. The van der Waals surface area contributed by atoms with Crippen LogP contribution in [0.2, 0.25) is 0 Å². The lowest BCUT2D eigenvalue weighted by Gasteiger charge is -2.34. The van der Waals surface area contributed by atoms with Crippen LogP contribution in [-0.2, 0) is 9.53 Å². The van der Waals surface area contributed by atoms with Crippen molar-refractivity contribution in [1.82, 2.24) is 4.90 Å². The number of anilines is 2. The van der Waals surface area contributed by atoms with E-state index in [-0.39, 0.29) is 5.91 Å². The highest BCUT2D eigenvalue weighted by Gasteiger charge is 2.26. The van der Waals surface area contributed by atoms with Gasteiger partial charge in [-0.2, -0.15) is 0 Å². The van der Waals surface area contributed by atoms with E-state index in [2.05, 4.69) is 10.2 Å². The first kappa shape index (κ1) is 15.9. The first-order chi connectivity index (χ1) is 11.2. The van der Waals surface area contributed by atoms with Gasteiger partial charge in [-0.15, -0.1) is 0 Å². The molecule has 0 saturated carbocycles. The van der Waals surface area contributed by atoms with E-state index in [9.17, 15) is 4.79 Å². The minimum Gasteiger partial charge on any atom is -0.493 e. The molecule has 2 heterocycles. The molecule has 23 heavy (non-hydrogen) atoms. The van der Waals surface area contributed by atoms with Gasteiger partial charge in [0.1, 0.15) is 0 Å². The number of fused-ring (bicyclic) bond motifs is 1. The van der Waals surface area contributed by atoms with Crippen LogP contribution in [0.3, 0.4) is 0 Å². The Morgan fingerprint density at radius 2 is 1.83 bits per heavy atom. The van der Waals surface area contributed by atoms with E-state index >= 15 is 0 Å². The third kappa shape index (κ3) is 3.35. The molecule has 1 amide bonds. The Balaban J connectivity index is 1.79. The van der Waals surface area contributed by atoms with Crippen molar-refractivity contribution >= 4 is 17.3 Å². The van der Waals surface area contributed by atoms with E-state index in [1.165, 1.54) is 0 Å². The average Bonchev–Trinajstić information content (AvgIpc) is 2.60. The van der Waals surface area contributed by atoms with Gasteiger partial charge in [0.2, 0.25) is 5.91 Å². The molecule has 2 aliphatic heterocycles. The van der Waals surface area contributed by atoms with Gasteiger partial charge < -0.3 is 24.4 Å². The van der Waals surface area contributed by atoms with Crippen LogP contribution in [0.1, 0.15) is 0 Å². The Morgan fingerprint density at radius 3 is 2.52 bits per heavy atom. The summed E-state index contributed by atoms with van der Waals surface area (Å²) in [6.07, 6.45) is 0. The lowest BCUT2D eigenvalue weighted by Crippen LogP contribution is -2.46. The standard InChI is InChI=1S/C16H23N3O4/c1-21-14-9-12-13(10-15(14)22-2)19(16(20)11-17-12)4-3-18-5-7-23-8-6-18/h9-10,17H,3-8,11H2,1-2H3. The van der Waals surface area contributed by atoms with Crippen molar-refractivity contribution in [3.05, 3.63) is 12.1 Å². The number of hydrogen-bond acceptors (Lipinski definition) is 6. The van der Waals surface area contributed by atoms with Gasteiger partial charge in [0.15, 0.2) is 11.5 Å². The molecule has 0 aromatic heterocycles. The first-order valence-electron chi connectivity index (χ1n) is 7.83. The number of carbonyl (C=O) groups is 1. The van der Waals surface area contributed by atoms with Crippen LogP contribution in [0.4, 0.5) is 11.4 Å². The van der Waals surface area contributed by atoms with Gasteiger partial charge in [-0.25, -0.2) is 0 Å². The summed E-state index contributed by atoms with van der Waals surface area (Å²) < 4.78 is 16.1. The molecule has 126 valence electrons. The largest absolute Gasteiger partial charge is 0.493 e. The maximum absolute atomic E-state index is 12.3. The molecule has 0 radical (unpaired) electrons. The quantitative estimate of drug-likeness (QED) is 0.865. The van der Waals surface area contributed by atoms with E-state index in [1.807, 2.05) is 17.0 Å². The van der Waals surface area contributed by atoms with Gasteiger partial charge >= 0.3 is 0 Å². The summed E-state index contributed by atoms with van der Waals surface area (Å²) in [5, 5.41) is 3.15. The van der Waals surface area contributed by atoms with Gasteiger partial charge in [-0.3, -0.25) is 9.69 Å². The number of carbonyl (C=O) groups excluding carboxylic acids is 1. The Bertz CT molecular complexity index is 573. The van der Waals surface area contributed by atoms with E-state index < -0.39 is 0 Å². The first-order valence-corrected chi connectivity index (χ1v) is 7.83. The predicted octanol–water partition coefficient (Wildman–Crippen LogP) is 0.794. The Hall–Kier alpha value is -1.99. The molecule has 0 atom stereocenters. The number of morpholine rings is 1. The molecule has 1 saturated heterocycles. The number of amides is 1. The lowest BCUT2D eigenvalue weighted by molar-refractivity contribution is -0.117. The molecular weight excluding hydrogens is 298 g/mol. The maximum atomic E-state index is 12.3. The van der Waals surface area contributed by atoms with Crippen molar-refractivity contribution in [3.63, 3.8) is 0 Å². The number of benzene rings is 1. The van der Waals surface area contributed by atoms with Crippen LogP contribution in [0.25, 0.3) is 0 Å². The highest BCUT2D eigenvalue weighted by atomic mass is 16.5. The van der Waals surface area contributed by atoms with Crippen molar-refractivity contribution < 1.29 is 19.0 Å². The predicted molar refractivity (Wildman–Crippen MR) is 87.6 cm³/mol.